The molecule has 0 bridgehead atoms. The predicted octanol–water partition coefficient (Wildman–Crippen LogP) is 3.49. The number of benzene rings is 2. The monoisotopic (exact) mass is 318 g/mol. The molecular weight excluding hydrogens is 303 g/mol. The molecule has 0 unspecified atom stereocenters. The van der Waals surface area contributed by atoms with Gasteiger partial charge in [0.2, 0.25) is 0 Å². The van der Waals surface area contributed by atoms with Crippen LogP contribution in [0.3, 0.4) is 0 Å². The van der Waals surface area contributed by atoms with Gasteiger partial charge in [0, 0.05) is 18.1 Å². The number of fused-ring (bicyclic) bond motifs is 1. The van der Waals surface area contributed by atoms with Crippen molar-refractivity contribution in [1.82, 2.24) is 14.1 Å². The van der Waals surface area contributed by atoms with E-state index in [1.807, 2.05) is 45.8 Å². The number of para-hydroxylation sites is 2. The number of nitrogens with one attached hydrogen (secondary N) is 1. The molecule has 0 aliphatic carbocycles. The normalized spacial score (nSPS) is 11.0. The summed E-state index contributed by atoms with van der Waals surface area (Å²) in [5.74, 6) is 0.593. The molecule has 0 fully saturated rings. The van der Waals surface area contributed by atoms with Crippen molar-refractivity contribution in [3.8, 4) is 5.69 Å². The van der Waals surface area contributed by atoms with Gasteiger partial charge in [-0.05, 0) is 48.5 Å². The molecule has 0 radical (unpaired) electrons. The van der Waals surface area contributed by atoms with Gasteiger partial charge in [0.1, 0.15) is 11.6 Å². The third-order valence-electron chi connectivity index (χ3n) is 3.93. The minimum absolute atomic E-state index is 0.259. The summed E-state index contributed by atoms with van der Waals surface area (Å²) in [6.07, 6.45) is 3.72. The van der Waals surface area contributed by atoms with E-state index >= 15 is 0 Å². The van der Waals surface area contributed by atoms with E-state index in [0.29, 0.717) is 11.9 Å². The highest BCUT2D eigenvalue weighted by Gasteiger charge is 2.12. The van der Waals surface area contributed by atoms with E-state index < -0.39 is 0 Å². The van der Waals surface area contributed by atoms with Crippen molar-refractivity contribution in [2.24, 2.45) is 0 Å². The summed E-state index contributed by atoms with van der Waals surface area (Å²) >= 11 is 0. The van der Waals surface area contributed by atoms with Gasteiger partial charge in [0.05, 0.1) is 22.9 Å². The highest BCUT2D eigenvalue weighted by molar-refractivity contribution is 5.78. The molecule has 2 aromatic heterocycles. The first-order chi connectivity index (χ1) is 11.7. The van der Waals surface area contributed by atoms with Crippen molar-refractivity contribution in [3.63, 3.8) is 0 Å². The number of hydrogen-bond acceptors (Lipinski definition) is 2. The summed E-state index contributed by atoms with van der Waals surface area (Å²) in [7, 11) is 0. The fourth-order valence-electron chi connectivity index (χ4n) is 2.79. The third kappa shape index (κ3) is 2.60. The standard InChI is InChI=1S/C19H15FN4/c20-14-5-7-16(8-6-14)24-18-4-2-1-3-17(18)22-19(24)13-23-11-9-15(21)10-12-23/h1-12,21H,13H2. The lowest BCUT2D eigenvalue weighted by atomic mass is 10.2. The fraction of sp³-hybridized carbons (Fsp3) is 0.0526. The lowest BCUT2D eigenvalue weighted by molar-refractivity contribution is 0.627. The van der Waals surface area contributed by atoms with Crippen LogP contribution >= 0.6 is 0 Å². The molecule has 4 nitrogen and oxygen atoms in total. The Morgan fingerprint density at radius 2 is 1.62 bits per heavy atom. The van der Waals surface area contributed by atoms with Gasteiger partial charge in [-0.15, -0.1) is 0 Å². The van der Waals surface area contributed by atoms with Gasteiger partial charge in [-0.1, -0.05) is 12.1 Å². The molecule has 0 saturated carbocycles. The molecule has 0 aliphatic heterocycles. The van der Waals surface area contributed by atoms with Gasteiger partial charge in [-0.2, -0.15) is 0 Å². The Bertz CT molecular complexity index is 1040. The second kappa shape index (κ2) is 5.77. The van der Waals surface area contributed by atoms with E-state index in [0.717, 1.165) is 22.5 Å². The van der Waals surface area contributed by atoms with Crippen LogP contribution in [0.2, 0.25) is 0 Å². The van der Waals surface area contributed by atoms with Gasteiger partial charge in [0.25, 0.3) is 0 Å². The third-order valence-corrected chi connectivity index (χ3v) is 3.93. The first kappa shape index (κ1) is 14.4. The SMILES string of the molecule is N=c1ccn(Cc2nc3ccccc3n2-c2ccc(F)cc2)cc1. The summed E-state index contributed by atoms with van der Waals surface area (Å²) in [6, 6.07) is 17.8. The minimum Gasteiger partial charge on any atom is -0.347 e. The maximum absolute atomic E-state index is 13.3. The molecule has 24 heavy (non-hydrogen) atoms. The van der Waals surface area contributed by atoms with Crippen LogP contribution < -0.4 is 5.36 Å². The quantitative estimate of drug-likeness (QED) is 0.617. The van der Waals surface area contributed by atoms with Gasteiger partial charge in [-0.25, -0.2) is 9.37 Å². The molecule has 0 aliphatic rings. The van der Waals surface area contributed by atoms with Crippen molar-refractivity contribution in [2.75, 3.05) is 0 Å². The van der Waals surface area contributed by atoms with E-state index in [1.54, 1.807) is 24.3 Å². The summed E-state index contributed by atoms with van der Waals surface area (Å²) < 4.78 is 17.3. The lowest BCUT2D eigenvalue weighted by Gasteiger charge is -2.11. The average molecular weight is 318 g/mol. The van der Waals surface area contributed by atoms with Gasteiger partial charge >= 0.3 is 0 Å². The Kier molecular flexibility index (Phi) is 3.46. The number of imidazole rings is 1. The molecule has 4 rings (SSSR count). The van der Waals surface area contributed by atoms with E-state index in [1.165, 1.54) is 12.1 Å². The van der Waals surface area contributed by atoms with Crippen molar-refractivity contribution in [3.05, 3.63) is 90.1 Å². The highest BCUT2D eigenvalue weighted by Crippen LogP contribution is 2.22. The van der Waals surface area contributed by atoms with E-state index in [2.05, 4.69) is 0 Å². The summed E-state index contributed by atoms with van der Waals surface area (Å²) in [4.78, 5) is 4.73. The van der Waals surface area contributed by atoms with Crippen molar-refractivity contribution < 1.29 is 4.39 Å². The molecule has 0 saturated heterocycles. The molecule has 5 heteroatoms. The molecule has 2 heterocycles. The van der Waals surface area contributed by atoms with Crippen LogP contribution in [-0.2, 0) is 6.54 Å². The number of hydrogen-bond donors (Lipinski definition) is 1. The van der Waals surface area contributed by atoms with Gasteiger partial charge in [-0.3, -0.25) is 4.57 Å². The second-order valence-electron chi connectivity index (χ2n) is 5.59. The van der Waals surface area contributed by atoms with Crippen LogP contribution in [0.25, 0.3) is 16.7 Å². The van der Waals surface area contributed by atoms with Crippen LogP contribution in [0.1, 0.15) is 5.82 Å². The van der Waals surface area contributed by atoms with E-state index in [-0.39, 0.29) is 5.82 Å². The zero-order valence-electron chi connectivity index (χ0n) is 12.9. The van der Waals surface area contributed by atoms with Crippen LogP contribution in [0.15, 0.2) is 73.1 Å². The number of halogens is 1. The maximum Gasteiger partial charge on any atom is 0.134 e. The number of rotatable bonds is 3. The zero-order chi connectivity index (χ0) is 16.5. The number of nitrogens with zero attached hydrogens (tertiary/aromatic N) is 3. The fourth-order valence-corrected chi connectivity index (χ4v) is 2.79. The number of pyridine rings is 1. The molecular formula is C19H15FN4. The maximum atomic E-state index is 13.3. The lowest BCUT2D eigenvalue weighted by Crippen LogP contribution is -2.09. The topological polar surface area (TPSA) is 46.6 Å². The molecule has 118 valence electrons. The van der Waals surface area contributed by atoms with Crippen molar-refractivity contribution in [2.45, 2.75) is 6.54 Å². The molecule has 1 N–H and O–H groups in total. The molecule has 2 aromatic carbocycles. The first-order valence-electron chi connectivity index (χ1n) is 7.64. The number of aromatic nitrogens is 3. The van der Waals surface area contributed by atoms with E-state index in [4.69, 9.17) is 10.4 Å². The zero-order valence-corrected chi connectivity index (χ0v) is 12.9. The Labute approximate surface area is 138 Å². The Morgan fingerprint density at radius 1 is 0.917 bits per heavy atom. The van der Waals surface area contributed by atoms with Gasteiger partial charge in [0.15, 0.2) is 0 Å². The van der Waals surface area contributed by atoms with Crippen LogP contribution in [0, 0.1) is 11.2 Å². The molecule has 4 aromatic rings. The van der Waals surface area contributed by atoms with Gasteiger partial charge < -0.3 is 9.98 Å². The summed E-state index contributed by atoms with van der Waals surface area (Å²) in [6.45, 7) is 0.562. The van der Waals surface area contributed by atoms with Crippen molar-refractivity contribution >= 4 is 11.0 Å². The van der Waals surface area contributed by atoms with Crippen LogP contribution in [-0.4, -0.2) is 14.1 Å². The Balaban J connectivity index is 1.87. The molecule has 0 amide bonds. The molecule has 0 spiro atoms. The summed E-state index contributed by atoms with van der Waals surface area (Å²) in [5.41, 5.74) is 2.75. The largest absolute Gasteiger partial charge is 0.347 e. The smallest absolute Gasteiger partial charge is 0.134 e. The second-order valence-corrected chi connectivity index (χ2v) is 5.59. The highest BCUT2D eigenvalue weighted by atomic mass is 19.1. The Hall–Kier alpha value is -3.21. The average Bonchev–Trinajstić information content (AvgIpc) is 2.96. The minimum atomic E-state index is -0.259. The summed E-state index contributed by atoms with van der Waals surface area (Å²) in [5, 5.41) is 8.06. The van der Waals surface area contributed by atoms with Crippen LogP contribution in [0.4, 0.5) is 4.39 Å². The van der Waals surface area contributed by atoms with Crippen LogP contribution in [0.5, 0.6) is 0 Å². The predicted molar refractivity (Wildman–Crippen MR) is 90.4 cm³/mol. The Morgan fingerprint density at radius 3 is 2.38 bits per heavy atom. The molecule has 0 atom stereocenters. The first-order valence-corrected chi connectivity index (χ1v) is 7.64. The van der Waals surface area contributed by atoms with Crippen molar-refractivity contribution in [1.29, 1.82) is 5.41 Å². The van der Waals surface area contributed by atoms with E-state index in [9.17, 15) is 4.39 Å².